The number of thiazole rings is 1. The Morgan fingerprint density at radius 1 is 1.03 bits per heavy atom. The first-order chi connectivity index (χ1) is 15.3. The predicted octanol–water partition coefficient (Wildman–Crippen LogP) is 5.60. The molecule has 0 saturated carbocycles. The quantitative estimate of drug-likeness (QED) is 0.450. The number of likely N-dealkylation sites (tertiary alicyclic amines) is 1. The third-order valence-corrected chi connectivity index (χ3v) is 6.30. The molecule has 6 heteroatoms. The number of nitrogens with zero attached hydrogens (tertiary/aromatic N) is 3. The van der Waals surface area contributed by atoms with Crippen LogP contribution in [0.25, 0.3) is 22.2 Å². The van der Waals surface area contributed by atoms with Crippen molar-refractivity contribution in [2.45, 2.75) is 25.8 Å². The average Bonchev–Trinajstić information content (AvgIpc) is 3.35. The van der Waals surface area contributed by atoms with Gasteiger partial charge in [0.05, 0.1) is 22.4 Å². The first-order valence-corrected chi connectivity index (χ1v) is 11.6. The van der Waals surface area contributed by atoms with Crippen molar-refractivity contribution in [1.82, 2.24) is 14.9 Å². The normalized spacial score (nSPS) is 14.6. The molecule has 1 aliphatic heterocycles. The van der Waals surface area contributed by atoms with Gasteiger partial charge in [0.1, 0.15) is 5.69 Å². The van der Waals surface area contributed by atoms with Crippen molar-refractivity contribution in [1.29, 1.82) is 0 Å². The molecule has 1 amide bonds. The van der Waals surface area contributed by atoms with E-state index in [2.05, 4.69) is 45.5 Å². The van der Waals surface area contributed by atoms with Gasteiger partial charge in [-0.1, -0.05) is 42.8 Å². The number of nitrogens with one attached hydrogen (secondary N) is 1. The van der Waals surface area contributed by atoms with Gasteiger partial charge in [0.2, 0.25) is 0 Å². The minimum Gasteiger partial charge on any atom is -0.319 e. The summed E-state index contributed by atoms with van der Waals surface area (Å²) in [4.78, 5) is 24.1. The molecule has 0 aliphatic carbocycles. The molecule has 156 valence electrons. The van der Waals surface area contributed by atoms with Crippen molar-refractivity contribution < 1.29 is 4.79 Å². The third-order valence-electron chi connectivity index (χ3n) is 5.71. The van der Waals surface area contributed by atoms with Gasteiger partial charge < -0.3 is 5.32 Å². The largest absolute Gasteiger partial charge is 0.319 e. The Morgan fingerprint density at radius 2 is 1.90 bits per heavy atom. The van der Waals surface area contributed by atoms with E-state index >= 15 is 0 Å². The summed E-state index contributed by atoms with van der Waals surface area (Å²) < 4.78 is 0. The van der Waals surface area contributed by atoms with Gasteiger partial charge >= 0.3 is 0 Å². The fourth-order valence-electron chi connectivity index (χ4n) is 4.12. The van der Waals surface area contributed by atoms with Crippen LogP contribution >= 0.6 is 11.3 Å². The molecule has 2 aromatic heterocycles. The van der Waals surface area contributed by atoms with Crippen LogP contribution in [-0.2, 0) is 6.54 Å². The smallest absolute Gasteiger partial charge is 0.275 e. The number of fused-ring (bicyclic) bond motifs is 1. The predicted molar refractivity (Wildman–Crippen MR) is 126 cm³/mol. The van der Waals surface area contributed by atoms with Crippen molar-refractivity contribution in [2.24, 2.45) is 0 Å². The lowest BCUT2D eigenvalue weighted by Gasteiger charge is -2.26. The molecule has 0 atom stereocenters. The number of aromatic nitrogens is 2. The first kappa shape index (κ1) is 19.8. The molecule has 1 saturated heterocycles. The highest BCUT2D eigenvalue weighted by Crippen LogP contribution is 2.27. The highest BCUT2D eigenvalue weighted by molar-refractivity contribution is 7.07. The molecule has 1 fully saturated rings. The molecule has 4 aromatic rings. The van der Waals surface area contributed by atoms with Gasteiger partial charge in [-0.05, 0) is 49.7 Å². The van der Waals surface area contributed by atoms with Crippen LogP contribution in [0.15, 0.2) is 65.5 Å². The van der Waals surface area contributed by atoms with Gasteiger partial charge in [-0.2, -0.15) is 0 Å². The highest BCUT2D eigenvalue weighted by atomic mass is 32.1. The molecule has 2 aromatic carbocycles. The molecule has 5 rings (SSSR count). The Hall–Kier alpha value is -3.09. The van der Waals surface area contributed by atoms with Crippen LogP contribution in [0.2, 0.25) is 0 Å². The second-order valence-corrected chi connectivity index (χ2v) is 8.66. The number of para-hydroxylation sites is 1. The van der Waals surface area contributed by atoms with E-state index in [1.54, 1.807) is 10.9 Å². The molecule has 0 unspecified atom stereocenters. The standard InChI is InChI=1S/C25H24N4OS/c30-25(23-16-31-17-26-23)28-22-9-5-7-19-10-11-21(27-24(19)22)20-8-4-6-18(14-20)15-29-12-2-1-3-13-29/h4-11,14,16-17H,1-3,12-13,15H2,(H,28,30). The second kappa shape index (κ2) is 8.96. The summed E-state index contributed by atoms with van der Waals surface area (Å²) in [7, 11) is 0. The molecule has 5 nitrogen and oxygen atoms in total. The number of amides is 1. The van der Waals surface area contributed by atoms with E-state index in [0.717, 1.165) is 28.7 Å². The van der Waals surface area contributed by atoms with Gasteiger partial charge in [0, 0.05) is 22.9 Å². The monoisotopic (exact) mass is 428 g/mol. The van der Waals surface area contributed by atoms with E-state index < -0.39 is 0 Å². The summed E-state index contributed by atoms with van der Waals surface area (Å²) in [5.74, 6) is -0.218. The Labute approximate surface area is 185 Å². The maximum atomic E-state index is 12.5. The van der Waals surface area contributed by atoms with Crippen LogP contribution in [0.4, 0.5) is 5.69 Å². The Morgan fingerprint density at radius 3 is 2.74 bits per heavy atom. The Bertz CT molecular complexity index is 1200. The Kier molecular flexibility index (Phi) is 5.74. The lowest BCUT2D eigenvalue weighted by atomic mass is 10.0. The van der Waals surface area contributed by atoms with Crippen molar-refractivity contribution in [2.75, 3.05) is 18.4 Å². The van der Waals surface area contributed by atoms with E-state index in [-0.39, 0.29) is 5.91 Å². The zero-order chi connectivity index (χ0) is 21.0. The van der Waals surface area contributed by atoms with Crippen LogP contribution < -0.4 is 5.32 Å². The molecule has 3 heterocycles. The minimum absolute atomic E-state index is 0.218. The minimum atomic E-state index is -0.218. The van der Waals surface area contributed by atoms with E-state index in [4.69, 9.17) is 4.98 Å². The zero-order valence-corrected chi connectivity index (χ0v) is 18.1. The van der Waals surface area contributed by atoms with Crippen molar-refractivity contribution >= 4 is 33.8 Å². The number of rotatable bonds is 5. The van der Waals surface area contributed by atoms with Gasteiger partial charge in [0.25, 0.3) is 5.91 Å². The molecule has 31 heavy (non-hydrogen) atoms. The molecule has 0 radical (unpaired) electrons. The van der Waals surface area contributed by atoms with Gasteiger partial charge in [-0.15, -0.1) is 11.3 Å². The number of carbonyl (C=O) groups excluding carboxylic acids is 1. The number of anilines is 1. The van der Waals surface area contributed by atoms with Crippen LogP contribution in [0, 0.1) is 0 Å². The van der Waals surface area contributed by atoms with Gasteiger partial charge in [-0.25, -0.2) is 9.97 Å². The number of hydrogen-bond acceptors (Lipinski definition) is 5. The molecular weight excluding hydrogens is 404 g/mol. The SMILES string of the molecule is O=C(Nc1cccc2ccc(-c3cccc(CN4CCCCC4)c3)nc12)c1cscn1. The Balaban J connectivity index is 1.44. The summed E-state index contributed by atoms with van der Waals surface area (Å²) in [5, 5.41) is 5.70. The number of carbonyl (C=O) groups is 1. The van der Waals surface area contributed by atoms with Crippen LogP contribution in [0.1, 0.15) is 35.3 Å². The van der Waals surface area contributed by atoms with Crippen molar-refractivity contribution in [3.05, 3.63) is 76.7 Å². The summed E-state index contributed by atoms with van der Waals surface area (Å²) >= 11 is 1.40. The molecule has 0 bridgehead atoms. The van der Waals surface area contributed by atoms with Crippen molar-refractivity contribution in [3.8, 4) is 11.3 Å². The summed E-state index contributed by atoms with van der Waals surface area (Å²) in [6.45, 7) is 3.34. The highest BCUT2D eigenvalue weighted by Gasteiger charge is 2.13. The summed E-state index contributed by atoms with van der Waals surface area (Å²) in [6.07, 6.45) is 3.93. The van der Waals surface area contributed by atoms with Crippen LogP contribution in [-0.4, -0.2) is 33.9 Å². The maximum Gasteiger partial charge on any atom is 0.275 e. The van der Waals surface area contributed by atoms with E-state index in [9.17, 15) is 4.79 Å². The molecular formula is C25H24N4OS. The van der Waals surface area contributed by atoms with Crippen molar-refractivity contribution in [3.63, 3.8) is 0 Å². The summed E-state index contributed by atoms with van der Waals surface area (Å²) in [6, 6.07) is 18.6. The lowest BCUT2D eigenvalue weighted by Crippen LogP contribution is -2.29. The number of hydrogen-bond donors (Lipinski definition) is 1. The van der Waals surface area contributed by atoms with Crippen LogP contribution in [0.5, 0.6) is 0 Å². The van der Waals surface area contributed by atoms with E-state index in [1.165, 1.54) is 49.3 Å². The fraction of sp³-hybridized carbons (Fsp3) is 0.240. The second-order valence-electron chi connectivity index (χ2n) is 7.94. The van der Waals surface area contributed by atoms with Crippen LogP contribution in [0.3, 0.4) is 0 Å². The van der Waals surface area contributed by atoms with E-state index in [1.807, 2.05) is 24.3 Å². The third kappa shape index (κ3) is 4.50. The topological polar surface area (TPSA) is 58.1 Å². The number of benzene rings is 2. The number of piperidine rings is 1. The molecule has 1 aliphatic rings. The number of pyridine rings is 1. The van der Waals surface area contributed by atoms with E-state index in [0.29, 0.717) is 11.4 Å². The molecule has 0 spiro atoms. The molecule has 1 N–H and O–H groups in total. The van der Waals surface area contributed by atoms with Gasteiger partial charge in [0.15, 0.2) is 0 Å². The maximum absolute atomic E-state index is 12.5. The summed E-state index contributed by atoms with van der Waals surface area (Å²) in [5.41, 5.74) is 6.87. The van der Waals surface area contributed by atoms with Gasteiger partial charge in [-0.3, -0.25) is 9.69 Å². The fourth-order valence-corrected chi connectivity index (χ4v) is 4.66. The lowest BCUT2D eigenvalue weighted by molar-refractivity contribution is 0.102. The zero-order valence-electron chi connectivity index (χ0n) is 17.3. The average molecular weight is 429 g/mol. The first-order valence-electron chi connectivity index (χ1n) is 10.7.